The molecule has 3 heterocycles. The van der Waals surface area contributed by atoms with Crippen LogP contribution in [0.15, 0.2) is 48.8 Å². The molecule has 0 saturated carbocycles. The molecule has 2 aromatic heterocycles. The minimum Gasteiger partial charge on any atom is -0.324 e. The van der Waals surface area contributed by atoms with Gasteiger partial charge in [-0.25, -0.2) is 0 Å². The fraction of sp³-hybridized carbons (Fsp3) is 0.655. The number of hydrogen-bond donors (Lipinski definition) is 1. The Morgan fingerprint density at radius 2 is 1.19 bits per heavy atom. The summed E-state index contributed by atoms with van der Waals surface area (Å²) in [6, 6.07) is 12.5. The summed E-state index contributed by atoms with van der Waals surface area (Å²) < 4.78 is 1.23. The van der Waals surface area contributed by atoms with Crippen LogP contribution in [0.3, 0.4) is 0 Å². The molecule has 1 saturated heterocycles. The minimum absolute atomic E-state index is 0.920. The van der Waals surface area contributed by atoms with Gasteiger partial charge in [-0.1, -0.05) is 12.1 Å². The number of rotatable bonds is 11. The van der Waals surface area contributed by atoms with Gasteiger partial charge in [-0.05, 0) is 45.0 Å². The van der Waals surface area contributed by atoms with Crippen molar-refractivity contribution < 1.29 is 4.48 Å². The average Bonchev–Trinajstić information content (AvgIpc) is 2.92. The van der Waals surface area contributed by atoms with Crippen LogP contribution in [-0.2, 0) is 13.1 Å². The Hall–Kier alpha value is -1.90. The third-order valence-corrected chi connectivity index (χ3v) is 8.02. The summed E-state index contributed by atoms with van der Waals surface area (Å²) in [7, 11) is 0. The van der Waals surface area contributed by atoms with Crippen LogP contribution in [0.5, 0.6) is 0 Å². The van der Waals surface area contributed by atoms with Gasteiger partial charge in [0.15, 0.2) is 0 Å². The van der Waals surface area contributed by atoms with Gasteiger partial charge in [-0.2, -0.15) is 0 Å². The van der Waals surface area contributed by atoms with E-state index >= 15 is 0 Å². The van der Waals surface area contributed by atoms with Gasteiger partial charge in [0.1, 0.15) is 0 Å². The van der Waals surface area contributed by atoms with Crippen molar-refractivity contribution >= 4 is 0 Å². The third kappa shape index (κ3) is 9.87. The number of nitrogens with one attached hydrogen (secondary N) is 1. The number of quaternary nitrogens is 1. The first-order valence-corrected chi connectivity index (χ1v) is 14.2. The maximum atomic E-state index is 4.59. The second-order valence-electron chi connectivity index (χ2n) is 10.2. The summed E-state index contributed by atoms with van der Waals surface area (Å²) in [5.41, 5.74) is 2.32. The average molecular weight is 497 g/mol. The molecule has 1 aliphatic rings. The number of pyridine rings is 2. The Labute approximate surface area is 220 Å². The maximum absolute atomic E-state index is 4.59. The fourth-order valence-corrected chi connectivity index (χ4v) is 5.26. The zero-order valence-electron chi connectivity index (χ0n) is 23.1. The first kappa shape index (κ1) is 28.7. The van der Waals surface area contributed by atoms with Crippen molar-refractivity contribution in [2.24, 2.45) is 0 Å². The summed E-state index contributed by atoms with van der Waals surface area (Å²) in [5, 5.41) is 3.68. The second-order valence-corrected chi connectivity index (χ2v) is 10.2. The van der Waals surface area contributed by atoms with E-state index in [1.165, 1.54) is 43.6 Å². The van der Waals surface area contributed by atoms with E-state index in [-0.39, 0.29) is 0 Å². The molecule has 3 rings (SSSR count). The van der Waals surface area contributed by atoms with E-state index < -0.39 is 0 Å². The summed E-state index contributed by atoms with van der Waals surface area (Å²) in [6.07, 6.45) is 5.08. The lowest BCUT2D eigenvalue weighted by atomic mass is 10.2. The molecular weight excluding hydrogens is 446 g/mol. The molecule has 1 aliphatic heterocycles. The Kier molecular flexibility index (Phi) is 12.8. The molecule has 0 amide bonds. The van der Waals surface area contributed by atoms with Crippen molar-refractivity contribution in [1.29, 1.82) is 0 Å². The van der Waals surface area contributed by atoms with Crippen LogP contribution >= 0.6 is 0 Å². The quantitative estimate of drug-likeness (QED) is 0.483. The lowest BCUT2D eigenvalue weighted by molar-refractivity contribution is -0.923. The van der Waals surface area contributed by atoms with E-state index in [1.54, 1.807) is 0 Å². The third-order valence-electron chi connectivity index (χ3n) is 8.02. The molecule has 0 atom stereocenters. The number of aromatic nitrogens is 2. The monoisotopic (exact) mass is 496 g/mol. The summed E-state index contributed by atoms with van der Waals surface area (Å²) in [5.74, 6) is 0. The van der Waals surface area contributed by atoms with Crippen LogP contribution in [-0.4, -0.2) is 114 Å². The number of nitrogens with zero attached hydrogens (tertiary/aromatic N) is 6. The zero-order chi connectivity index (χ0) is 25.5. The molecule has 0 unspecified atom stereocenters. The molecule has 7 heteroatoms. The number of hydrogen-bond acceptors (Lipinski definition) is 6. The molecule has 1 fully saturated rings. The highest BCUT2D eigenvalue weighted by molar-refractivity contribution is 5.04. The van der Waals surface area contributed by atoms with Crippen molar-refractivity contribution in [2.75, 3.05) is 85.1 Å². The van der Waals surface area contributed by atoms with Crippen molar-refractivity contribution in [2.45, 2.75) is 40.3 Å². The standard InChI is InChI=1S/C29H50N7/c1-4-36(5-2,6-3)25-11-18-33-21-23-34(26-28-12-7-9-14-31-28)19-16-30-17-20-35(24-22-33)27-29-13-8-10-15-32-29/h7-10,12-15,30H,4-6,11,16-27H2,1-3H3/q+1. The Balaban J connectivity index is 1.63. The predicted molar refractivity (Wildman–Crippen MR) is 150 cm³/mol. The van der Waals surface area contributed by atoms with Crippen LogP contribution in [0.25, 0.3) is 0 Å². The van der Waals surface area contributed by atoms with E-state index in [4.69, 9.17) is 0 Å². The Morgan fingerprint density at radius 1 is 0.694 bits per heavy atom. The van der Waals surface area contributed by atoms with Gasteiger partial charge >= 0.3 is 0 Å². The fourth-order valence-electron chi connectivity index (χ4n) is 5.26. The molecule has 0 bridgehead atoms. The van der Waals surface area contributed by atoms with Crippen LogP contribution in [0.1, 0.15) is 38.6 Å². The van der Waals surface area contributed by atoms with Gasteiger partial charge in [0.05, 0.1) is 37.6 Å². The highest BCUT2D eigenvalue weighted by Gasteiger charge is 2.21. The minimum atomic E-state index is 0.920. The Morgan fingerprint density at radius 3 is 1.64 bits per heavy atom. The van der Waals surface area contributed by atoms with Gasteiger partial charge in [-0.15, -0.1) is 0 Å². The van der Waals surface area contributed by atoms with Crippen molar-refractivity contribution in [3.05, 3.63) is 60.2 Å². The molecule has 0 spiro atoms. The van der Waals surface area contributed by atoms with E-state index in [2.05, 4.69) is 75.0 Å². The van der Waals surface area contributed by atoms with Crippen LogP contribution in [0, 0.1) is 0 Å². The van der Waals surface area contributed by atoms with Crippen molar-refractivity contribution in [3.8, 4) is 0 Å². The van der Waals surface area contributed by atoms with E-state index in [0.717, 1.165) is 76.8 Å². The van der Waals surface area contributed by atoms with E-state index in [1.807, 2.05) is 24.5 Å². The Bertz CT molecular complexity index is 749. The largest absolute Gasteiger partial charge is 0.324 e. The zero-order valence-corrected chi connectivity index (χ0v) is 23.1. The normalized spacial score (nSPS) is 18.0. The van der Waals surface area contributed by atoms with Crippen molar-refractivity contribution in [1.82, 2.24) is 30.0 Å². The molecule has 2 aromatic rings. The smallest absolute Gasteiger partial charge is 0.0798 e. The lowest BCUT2D eigenvalue weighted by Gasteiger charge is -2.37. The van der Waals surface area contributed by atoms with Crippen LogP contribution < -0.4 is 5.32 Å². The predicted octanol–water partition coefficient (Wildman–Crippen LogP) is 2.95. The molecule has 0 radical (unpaired) electrons. The van der Waals surface area contributed by atoms with Gasteiger partial charge in [0, 0.05) is 90.8 Å². The molecular formula is C29H50N7+. The molecule has 0 aromatic carbocycles. The highest BCUT2D eigenvalue weighted by Crippen LogP contribution is 2.09. The van der Waals surface area contributed by atoms with Gasteiger partial charge in [0.25, 0.3) is 0 Å². The second kappa shape index (κ2) is 16.0. The summed E-state index contributed by atoms with van der Waals surface area (Å²) >= 11 is 0. The van der Waals surface area contributed by atoms with E-state index in [0.29, 0.717) is 0 Å². The maximum Gasteiger partial charge on any atom is 0.0798 e. The van der Waals surface area contributed by atoms with Crippen molar-refractivity contribution in [3.63, 3.8) is 0 Å². The topological polar surface area (TPSA) is 47.5 Å². The molecule has 1 N–H and O–H groups in total. The van der Waals surface area contributed by atoms with Gasteiger partial charge in [-0.3, -0.25) is 19.8 Å². The summed E-state index contributed by atoms with van der Waals surface area (Å²) in [4.78, 5) is 17.0. The van der Waals surface area contributed by atoms with Gasteiger partial charge < -0.3 is 14.7 Å². The molecule has 36 heavy (non-hydrogen) atoms. The first-order chi connectivity index (χ1) is 17.7. The van der Waals surface area contributed by atoms with Crippen LogP contribution in [0.2, 0.25) is 0 Å². The first-order valence-electron chi connectivity index (χ1n) is 14.2. The molecule has 0 aliphatic carbocycles. The molecule has 7 nitrogen and oxygen atoms in total. The van der Waals surface area contributed by atoms with E-state index in [9.17, 15) is 0 Å². The SMILES string of the molecule is CC[N+](CC)(CC)CCCN1CCN(Cc2ccccn2)CCNCCN(Cc2ccccn2)CC1. The van der Waals surface area contributed by atoms with Crippen LogP contribution in [0.4, 0.5) is 0 Å². The molecule has 200 valence electrons. The van der Waals surface area contributed by atoms with Gasteiger partial charge in [0.2, 0.25) is 0 Å². The highest BCUT2D eigenvalue weighted by atomic mass is 15.3. The lowest BCUT2D eigenvalue weighted by Crippen LogP contribution is -2.49. The summed E-state index contributed by atoms with van der Waals surface area (Å²) in [6.45, 7) is 23.5.